The molecule has 5 nitrogen and oxygen atoms in total. The van der Waals surface area contributed by atoms with Crippen LogP contribution >= 0.6 is 0 Å². The van der Waals surface area contributed by atoms with Gasteiger partial charge in [0.1, 0.15) is 0 Å². The second kappa shape index (κ2) is 9.17. The second-order valence-electron chi connectivity index (χ2n) is 6.89. The quantitative estimate of drug-likeness (QED) is 0.669. The molecule has 1 saturated heterocycles. The van der Waals surface area contributed by atoms with Gasteiger partial charge in [-0.2, -0.15) is 0 Å². The monoisotopic (exact) mass is 399 g/mol. The minimum absolute atomic E-state index is 0.207. The van der Waals surface area contributed by atoms with Crippen molar-refractivity contribution >= 4 is 15.8 Å². The summed E-state index contributed by atoms with van der Waals surface area (Å²) in [7, 11) is -3.54. The van der Waals surface area contributed by atoms with Gasteiger partial charge in [0.05, 0.1) is 17.4 Å². The molecule has 6 heteroatoms. The van der Waals surface area contributed by atoms with Crippen LogP contribution in [0.4, 0.5) is 0 Å². The number of rotatable bonds is 7. The Labute approximate surface area is 166 Å². The topological polar surface area (TPSA) is 63.7 Å². The summed E-state index contributed by atoms with van der Waals surface area (Å²) in [6, 6.07) is 18.3. The Morgan fingerprint density at radius 1 is 1.07 bits per heavy atom. The van der Waals surface area contributed by atoms with Gasteiger partial charge in [-0.1, -0.05) is 54.6 Å². The lowest BCUT2D eigenvalue weighted by atomic mass is 9.96. The van der Waals surface area contributed by atoms with E-state index < -0.39 is 9.84 Å². The maximum atomic E-state index is 12.5. The molecule has 0 unspecified atom stereocenters. The van der Waals surface area contributed by atoms with Crippen LogP contribution in [-0.4, -0.2) is 39.0 Å². The van der Waals surface area contributed by atoms with Crippen molar-refractivity contribution in [3.63, 3.8) is 0 Å². The molecule has 1 aliphatic heterocycles. The van der Waals surface area contributed by atoms with Crippen LogP contribution in [0.5, 0.6) is 0 Å². The van der Waals surface area contributed by atoms with Crippen LogP contribution in [0.3, 0.4) is 0 Å². The number of likely N-dealkylation sites (tertiary alicyclic amines) is 1. The van der Waals surface area contributed by atoms with Gasteiger partial charge in [-0.05, 0) is 24.6 Å². The van der Waals surface area contributed by atoms with Gasteiger partial charge in [0, 0.05) is 31.0 Å². The van der Waals surface area contributed by atoms with Crippen LogP contribution in [-0.2, 0) is 25.9 Å². The molecule has 1 heterocycles. The summed E-state index contributed by atoms with van der Waals surface area (Å²) in [5, 5.41) is 1.23. The van der Waals surface area contributed by atoms with Crippen molar-refractivity contribution < 1.29 is 17.9 Å². The molecule has 0 amide bonds. The van der Waals surface area contributed by atoms with Crippen molar-refractivity contribution in [3.8, 4) is 0 Å². The van der Waals surface area contributed by atoms with Gasteiger partial charge in [-0.25, -0.2) is 8.42 Å². The highest BCUT2D eigenvalue weighted by Crippen LogP contribution is 2.28. The summed E-state index contributed by atoms with van der Waals surface area (Å²) in [6.45, 7) is 3.96. The molecule has 0 N–H and O–H groups in total. The second-order valence-corrected chi connectivity index (χ2v) is 8.72. The van der Waals surface area contributed by atoms with Crippen molar-refractivity contribution in [1.29, 1.82) is 0 Å². The number of nitrogens with zero attached hydrogens (tertiary/aromatic N) is 1. The predicted molar refractivity (Wildman–Crippen MR) is 108 cm³/mol. The van der Waals surface area contributed by atoms with E-state index in [0.29, 0.717) is 26.2 Å². The third kappa shape index (κ3) is 5.09. The lowest BCUT2D eigenvalue weighted by Crippen LogP contribution is -2.25. The number of hydrogen-bond acceptors (Lipinski definition) is 5. The highest BCUT2D eigenvalue weighted by molar-refractivity contribution is 7.94. The number of carbonyl (C=O) groups is 1. The molecule has 0 radical (unpaired) electrons. The van der Waals surface area contributed by atoms with Crippen LogP contribution < -0.4 is 0 Å². The smallest absolute Gasteiger partial charge is 0.310 e. The molecule has 148 valence electrons. The largest absolute Gasteiger partial charge is 0.466 e. The third-order valence-electron chi connectivity index (χ3n) is 4.86. The van der Waals surface area contributed by atoms with E-state index in [-0.39, 0.29) is 22.7 Å². The fourth-order valence-corrected chi connectivity index (χ4v) is 4.57. The molecule has 1 fully saturated rings. The molecule has 0 bridgehead atoms. The number of hydrogen-bond donors (Lipinski definition) is 0. The van der Waals surface area contributed by atoms with Gasteiger partial charge in [0.2, 0.25) is 0 Å². The Morgan fingerprint density at radius 2 is 1.71 bits per heavy atom. The van der Waals surface area contributed by atoms with Crippen molar-refractivity contribution in [2.75, 3.05) is 19.7 Å². The van der Waals surface area contributed by atoms with E-state index >= 15 is 0 Å². The fraction of sp³-hybridized carbons (Fsp3) is 0.318. The highest BCUT2D eigenvalue weighted by atomic mass is 32.2. The molecule has 2 atom stereocenters. The number of sulfone groups is 1. The number of esters is 1. The first-order valence-electron chi connectivity index (χ1n) is 9.41. The van der Waals surface area contributed by atoms with E-state index in [9.17, 15) is 13.2 Å². The Hall–Kier alpha value is -2.44. The third-order valence-corrected chi connectivity index (χ3v) is 6.30. The Balaban J connectivity index is 1.77. The molecule has 2 aromatic carbocycles. The van der Waals surface area contributed by atoms with Crippen molar-refractivity contribution in [3.05, 3.63) is 77.7 Å². The Morgan fingerprint density at radius 3 is 2.36 bits per heavy atom. The molecule has 2 aromatic rings. The average Bonchev–Trinajstić information content (AvgIpc) is 3.11. The van der Waals surface area contributed by atoms with E-state index in [1.165, 1.54) is 5.41 Å². The molecule has 1 aliphatic rings. The molecule has 3 rings (SSSR count). The van der Waals surface area contributed by atoms with Gasteiger partial charge in [0.25, 0.3) is 0 Å². The predicted octanol–water partition coefficient (Wildman–Crippen LogP) is 3.29. The summed E-state index contributed by atoms with van der Waals surface area (Å²) in [4.78, 5) is 14.8. The maximum Gasteiger partial charge on any atom is 0.310 e. The maximum absolute atomic E-state index is 12.5. The summed E-state index contributed by atoms with van der Waals surface area (Å²) < 4.78 is 30.3. The number of benzene rings is 2. The minimum atomic E-state index is -3.54. The summed E-state index contributed by atoms with van der Waals surface area (Å²) in [6.07, 6.45) is 1.65. The van der Waals surface area contributed by atoms with E-state index in [0.717, 1.165) is 5.56 Å². The molecule has 0 saturated carbocycles. The molecule has 28 heavy (non-hydrogen) atoms. The van der Waals surface area contributed by atoms with Crippen molar-refractivity contribution in [2.24, 2.45) is 11.8 Å². The molecule has 0 aliphatic carbocycles. The van der Waals surface area contributed by atoms with Gasteiger partial charge >= 0.3 is 5.97 Å². The molecular formula is C22H25NO4S. The highest BCUT2D eigenvalue weighted by Gasteiger charge is 2.37. The Bertz CT molecular complexity index is 910. The standard InChI is InChI=1S/C22H25NO4S/c1-2-27-22(24)21-17-23(15-18-9-5-3-6-10-18)16-19(21)13-14-28(25,26)20-11-7-4-8-12-20/h3-14,19,21H,2,15-17H2,1H3/b14-13+/t19-,21-/m1/s1. The van der Waals surface area contributed by atoms with Crippen LogP contribution in [0.25, 0.3) is 0 Å². The van der Waals surface area contributed by atoms with Crippen LogP contribution in [0.15, 0.2) is 77.0 Å². The lowest BCUT2D eigenvalue weighted by molar-refractivity contribution is -0.148. The SMILES string of the molecule is CCOC(=O)[C@@H]1CN(Cc2ccccc2)C[C@H]1/C=C/S(=O)(=O)c1ccccc1. The Kier molecular flexibility index (Phi) is 6.65. The van der Waals surface area contributed by atoms with Gasteiger partial charge in [-0.3, -0.25) is 9.69 Å². The summed E-state index contributed by atoms with van der Waals surface area (Å²) in [5.74, 6) is -0.850. The zero-order chi connectivity index (χ0) is 20.0. The van der Waals surface area contributed by atoms with E-state index in [1.54, 1.807) is 43.3 Å². The summed E-state index contributed by atoms with van der Waals surface area (Å²) in [5.41, 5.74) is 1.16. The van der Waals surface area contributed by atoms with Crippen molar-refractivity contribution in [1.82, 2.24) is 4.90 Å². The first-order chi connectivity index (χ1) is 13.5. The first kappa shape index (κ1) is 20.3. The van der Waals surface area contributed by atoms with E-state index in [1.807, 2.05) is 30.3 Å². The summed E-state index contributed by atoms with van der Waals surface area (Å²) >= 11 is 0. The molecule has 0 aromatic heterocycles. The van der Waals surface area contributed by atoms with Crippen LogP contribution in [0, 0.1) is 11.8 Å². The number of carbonyl (C=O) groups excluding carboxylic acids is 1. The van der Waals surface area contributed by atoms with E-state index in [2.05, 4.69) is 4.90 Å². The fourth-order valence-electron chi connectivity index (χ4n) is 3.47. The zero-order valence-electron chi connectivity index (χ0n) is 15.9. The normalized spacial score (nSPS) is 20.5. The van der Waals surface area contributed by atoms with E-state index in [4.69, 9.17) is 4.74 Å². The molecule has 0 spiro atoms. The lowest BCUT2D eigenvalue weighted by Gasteiger charge is -2.15. The molecular weight excluding hydrogens is 374 g/mol. The number of ether oxygens (including phenoxy) is 1. The first-order valence-corrected chi connectivity index (χ1v) is 11.0. The average molecular weight is 400 g/mol. The van der Waals surface area contributed by atoms with Gasteiger partial charge in [0.15, 0.2) is 9.84 Å². The van der Waals surface area contributed by atoms with Crippen LogP contribution in [0.1, 0.15) is 12.5 Å². The van der Waals surface area contributed by atoms with Crippen LogP contribution in [0.2, 0.25) is 0 Å². The van der Waals surface area contributed by atoms with Gasteiger partial charge < -0.3 is 4.74 Å². The zero-order valence-corrected chi connectivity index (χ0v) is 16.7. The minimum Gasteiger partial charge on any atom is -0.466 e. The van der Waals surface area contributed by atoms with Gasteiger partial charge in [-0.15, -0.1) is 0 Å². The van der Waals surface area contributed by atoms with Crippen molar-refractivity contribution in [2.45, 2.75) is 18.4 Å².